The average Bonchev–Trinajstić information content (AvgIpc) is 2.90. The number of benzene rings is 3. The van der Waals surface area contributed by atoms with Gasteiger partial charge in [-0.05, 0) is 60.5 Å². The predicted octanol–water partition coefficient (Wildman–Crippen LogP) is 5.92. The minimum Gasteiger partial charge on any atom is -0.493 e. The molecule has 0 radical (unpaired) electrons. The topological polar surface area (TPSA) is 69.3 Å². The Bertz CT molecular complexity index is 1110. The second-order valence-corrected chi connectivity index (χ2v) is 10.7. The normalized spacial score (nSPS) is 13.4. The number of rotatable bonds is 12. The number of hydrogen-bond donors (Lipinski definition) is 1. The van der Waals surface area contributed by atoms with Crippen molar-refractivity contribution in [2.24, 2.45) is 0 Å². The highest BCUT2D eigenvalue weighted by Gasteiger charge is 2.39. The van der Waals surface area contributed by atoms with E-state index in [1.807, 2.05) is 92.6 Å². The van der Waals surface area contributed by atoms with Crippen LogP contribution in [0.5, 0.6) is 17.2 Å². The minimum absolute atomic E-state index is 0.351. The van der Waals surface area contributed by atoms with Gasteiger partial charge in [-0.3, -0.25) is 4.57 Å². The van der Waals surface area contributed by atoms with Crippen LogP contribution in [0, 0.1) is 0 Å². The Labute approximate surface area is 208 Å². The molecular formula is C27H35N2O5P. The molecule has 3 aromatic carbocycles. The Balaban J connectivity index is 2.23. The molecule has 7 nitrogen and oxygen atoms in total. The van der Waals surface area contributed by atoms with Crippen LogP contribution in [0.2, 0.25) is 0 Å². The maximum Gasteiger partial charge on any atom is 0.258 e. The van der Waals surface area contributed by atoms with E-state index in [2.05, 4.69) is 5.32 Å². The first kappa shape index (κ1) is 26.5. The number of nitrogens with zero attached hydrogens (tertiary/aromatic N) is 1. The zero-order valence-corrected chi connectivity index (χ0v) is 22.2. The standard InChI is InChI=1S/C27H35N2O5P/c1-7-17-34-35(30,23-15-13-22(14-16-23)29(2)3)27(28-21-11-9-8-10-12-21)20-18-24(31-4)26(33-6)25(19-20)32-5/h8-16,18-19,27-28H,7,17H2,1-6H3/t27-,35+/m1/s1. The molecule has 0 aliphatic heterocycles. The molecule has 0 unspecified atom stereocenters. The fourth-order valence-electron chi connectivity index (χ4n) is 3.80. The van der Waals surface area contributed by atoms with Crippen LogP contribution in [0.3, 0.4) is 0 Å². The first-order valence-electron chi connectivity index (χ1n) is 11.5. The highest BCUT2D eigenvalue weighted by molar-refractivity contribution is 7.67. The Morgan fingerprint density at radius 2 is 1.49 bits per heavy atom. The van der Waals surface area contributed by atoms with Gasteiger partial charge in [-0.15, -0.1) is 0 Å². The molecule has 0 aliphatic carbocycles. The molecule has 0 amide bonds. The van der Waals surface area contributed by atoms with Crippen LogP contribution in [0.25, 0.3) is 0 Å². The summed E-state index contributed by atoms with van der Waals surface area (Å²) in [5.41, 5.74) is 2.52. The summed E-state index contributed by atoms with van der Waals surface area (Å²) < 4.78 is 37.8. The lowest BCUT2D eigenvalue weighted by molar-refractivity contribution is 0.314. The largest absolute Gasteiger partial charge is 0.493 e. The van der Waals surface area contributed by atoms with Crippen LogP contribution in [-0.2, 0) is 9.09 Å². The smallest absolute Gasteiger partial charge is 0.258 e. The molecule has 0 heterocycles. The van der Waals surface area contributed by atoms with Gasteiger partial charge in [0.1, 0.15) is 5.78 Å². The maximum atomic E-state index is 14.9. The number of methoxy groups -OCH3 is 3. The van der Waals surface area contributed by atoms with Gasteiger partial charge in [-0.2, -0.15) is 0 Å². The molecule has 0 fully saturated rings. The number of anilines is 2. The van der Waals surface area contributed by atoms with E-state index in [0.717, 1.165) is 17.8 Å². The van der Waals surface area contributed by atoms with Gasteiger partial charge < -0.3 is 29.0 Å². The van der Waals surface area contributed by atoms with E-state index < -0.39 is 13.2 Å². The number of hydrogen-bond acceptors (Lipinski definition) is 7. The molecule has 2 atom stereocenters. The van der Waals surface area contributed by atoms with Gasteiger partial charge in [0.2, 0.25) is 5.75 Å². The molecule has 8 heteroatoms. The van der Waals surface area contributed by atoms with Crippen LogP contribution in [0.15, 0.2) is 66.7 Å². The van der Waals surface area contributed by atoms with Crippen LogP contribution < -0.4 is 29.7 Å². The summed E-state index contributed by atoms with van der Waals surface area (Å²) >= 11 is 0. The van der Waals surface area contributed by atoms with Crippen molar-refractivity contribution in [1.82, 2.24) is 0 Å². The predicted molar refractivity (Wildman–Crippen MR) is 143 cm³/mol. The Hall–Kier alpha value is -3.15. The Kier molecular flexibility index (Phi) is 9.07. The molecule has 1 N–H and O–H groups in total. The molecule has 0 aliphatic rings. The van der Waals surface area contributed by atoms with Gasteiger partial charge >= 0.3 is 0 Å². The molecule has 3 aromatic rings. The van der Waals surface area contributed by atoms with E-state index in [1.54, 1.807) is 21.3 Å². The highest BCUT2D eigenvalue weighted by atomic mass is 31.2. The lowest BCUT2D eigenvalue weighted by atomic mass is 10.1. The summed E-state index contributed by atoms with van der Waals surface area (Å²) in [6.07, 6.45) is 0.729. The van der Waals surface area contributed by atoms with Gasteiger partial charge in [0.25, 0.3) is 7.37 Å². The summed E-state index contributed by atoms with van der Waals surface area (Å²) in [6, 6.07) is 21.0. The van der Waals surface area contributed by atoms with Gasteiger partial charge in [0.15, 0.2) is 11.5 Å². The van der Waals surface area contributed by atoms with E-state index in [-0.39, 0.29) is 0 Å². The number of nitrogens with one attached hydrogen (secondary N) is 1. The third kappa shape index (κ3) is 5.92. The van der Waals surface area contributed by atoms with Crippen molar-refractivity contribution in [3.05, 3.63) is 72.3 Å². The zero-order chi connectivity index (χ0) is 25.4. The summed E-state index contributed by atoms with van der Waals surface area (Å²) in [4.78, 5) is 2.00. The van der Waals surface area contributed by atoms with Crippen molar-refractivity contribution in [3.8, 4) is 17.2 Å². The lowest BCUT2D eigenvalue weighted by Crippen LogP contribution is -2.21. The molecule has 0 aromatic heterocycles. The molecule has 188 valence electrons. The van der Waals surface area contributed by atoms with E-state index in [0.29, 0.717) is 34.7 Å². The van der Waals surface area contributed by atoms with Crippen molar-refractivity contribution < 1.29 is 23.3 Å². The summed E-state index contributed by atoms with van der Waals surface area (Å²) in [5.74, 6) is 0.714. The van der Waals surface area contributed by atoms with E-state index >= 15 is 0 Å². The lowest BCUT2D eigenvalue weighted by Gasteiger charge is -2.31. The highest BCUT2D eigenvalue weighted by Crippen LogP contribution is 2.60. The third-order valence-electron chi connectivity index (χ3n) is 5.63. The Morgan fingerprint density at radius 3 is 1.97 bits per heavy atom. The SMILES string of the molecule is CCCO[P@@](=O)(c1ccc(N(C)C)cc1)[C@@H](Nc1ccccc1)c1cc(OC)c(OC)c(OC)c1. The molecule has 0 spiro atoms. The van der Waals surface area contributed by atoms with E-state index in [1.165, 1.54) is 0 Å². The molecule has 3 rings (SSSR count). The minimum atomic E-state index is -3.50. The van der Waals surface area contributed by atoms with Crippen LogP contribution >= 0.6 is 7.37 Å². The van der Waals surface area contributed by atoms with Gasteiger partial charge in [0.05, 0.1) is 27.9 Å². The van der Waals surface area contributed by atoms with E-state index in [4.69, 9.17) is 18.7 Å². The maximum absolute atomic E-state index is 14.9. The Morgan fingerprint density at radius 1 is 0.886 bits per heavy atom. The van der Waals surface area contributed by atoms with Gasteiger partial charge in [0, 0.05) is 30.8 Å². The average molecular weight is 499 g/mol. The summed E-state index contributed by atoms with van der Waals surface area (Å²) in [6.45, 7) is 2.35. The van der Waals surface area contributed by atoms with E-state index in [9.17, 15) is 4.57 Å². The second kappa shape index (κ2) is 12.0. The van der Waals surface area contributed by atoms with Crippen molar-refractivity contribution in [1.29, 1.82) is 0 Å². The third-order valence-corrected chi connectivity index (χ3v) is 8.32. The molecule has 0 saturated carbocycles. The molecule has 35 heavy (non-hydrogen) atoms. The van der Waals surface area contributed by atoms with Crippen LogP contribution in [-0.4, -0.2) is 42.0 Å². The van der Waals surface area contributed by atoms with Crippen molar-refractivity contribution in [2.45, 2.75) is 19.1 Å². The summed E-state index contributed by atoms with van der Waals surface area (Å²) in [7, 11) is 5.12. The fraction of sp³-hybridized carbons (Fsp3) is 0.333. The van der Waals surface area contributed by atoms with Gasteiger partial charge in [-0.25, -0.2) is 0 Å². The van der Waals surface area contributed by atoms with Crippen molar-refractivity contribution in [3.63, 3.8) is 0 Å². The monoisotopic (exact) mass is 498 g/mol. The zero-order valence-electron chi connectivity index (χ0n) is 21.3. The number of ether oxygens (including phenoxy) is 3. The van der Waals surface area contributed by atoms with Crippen LogP contribution in [0.1, 0.15) is 24.7 Å². The van der Waals surface area contributed by atoms with Crippen molar-refractivity contribution >= 4 is 24.0 Å². The van der Waals surface area contributed by atoms with Crippen LogP contribution in [0.4, 0.5) is 11.4 Å². The fourth-order valence-corrected chi connectivity index (χ4v) is 6.27. The van der Waals surface area contributed by atoms with Gasteiger partial charge in [-0.1, -0.05) is 25.1 Å². The summed E-state index contributed by atoms with van der Waals surface area (Å²) in [5, 5.41) is 4.09. The molecule has 0 bridgehead atoms. The first-order valence-corrected chi connectivity index (χ1v) is 13.2. The molecule has 0 saturated heterocycles. The quantitative estimate of drug-likeness (QED) is 0.311. The second-order valence-electron chi connectivity index (χ2n) is 8.21. The first-order chi connectivity index (χ1) is 16.9. The molecular weight excluding hydrogens is 463 g/mol. The van der Waals surface area contributed by atoms with Crippen molar-refractivity contribution in [2.75, 3.05) is 52.2 Å². The number of para-hydroxylation sites is 1.